The van der Waals surface area contributed by atoms with Crippen LogP contribution in [0.3, 0.4) is 0 Å². The first-order valence-electron chi connectivity index (χ1n) is 6.56. The van der Waals surface area contributed by atoms with Crippen molar-refractivity contribution >= 4 is 11.5 Å². The summed E-state index contributed by atoms with van der Waals surface area (Å²) < 4.78 is 0. The lowest BCUT2D eigenvalue weighted by Gasteiger charge is -2.12. The van der Waals surface area contributed by atoms with Gasteiger partial charge in [-0.25, -0.2) is 4.79 Å². The molecule has 2 aromatic rings. The van der Waals surface area contributed by atoms with Gasteiger partial charge < -0.3 is 5.11 Å². The molecule has 2 rings (SSSR count). The van der Waals surface area contributed by atoms with Crippen LogP contribution >= 0.6 is 0 Å². The summed E-state index contributed by atoms with van der Waals surface area (Å²) in [5, 5.41) is 9.13. The average Bonchev–Trinajstić information content (AvgIpc) is 2.37. The molecule has 0 unspecified atom stereocenters. The summed E-state index contributed by atoms with van der Waals surface area (Å²) in [5.41, 5.74) is 6.04. The van der Waals surface area contributed by atoms with Crippen LogP contribution in [0.25, 0.3) is 5.57 Å². The number of carboxylic acids is 1. The van der Waals surface area contributed by atoms with Crippen LogP contribution in [0.4, 0.5) is 0 Å². The van der Waals surface area contributed by atoms with Crippen molar-refractivity contribution in [1.82, 2.24) is 0 Å². The van der Waals surface area contributed by atoms with E-state index in [-0.39, 0.29) is 0 Å². The molecule has 102 valence electrons. The van der Waals surface area contributed by atoms with E-state index in [4.69, 9.17) is 5.11 Å². The maximum absolute atomic E-state index is 11.1. The molecule has 0 aliphatic carbocycles. The molecule has 20 heavy (non-hydrogen) atoms. The van der Waals surface area contributed by atoms with E-state index in [1.807, 2.05) is 57.2 Å². The molecule has 0 spiro atoms. The summed E-state index contributed by atoms with van der Waals surface area (Å²) in [5.74, 6) is -0.930. The Bertz CT molecular complexity index is 664. The summed E-state index contributed by atoms with van der Waals surface area (Å²) in [6.45, 7) is 6.05. The maximum Gasteiger partial charge on any atom is 0.328 e. The Morgan fingerprint density at radius 2 is 1.55 bits per heavy atom. The summed E-state index contributed by atoms with van der Waals surface area (Å²) in [4.78, 5) is 11.1. The highest BCUT2D eigenvalue weighted by Crippen LogP contribution is 2.27. The van der Waals surface area contributed by atoms with Crippen LogP contribution in [0, 0.1) is 20.8 Å². The van der Waals surface area contributed by atoms with E-state index < -0.39 is 5.97 Å². The van der Waals surface area contributed by atoms with Gasteiger partial charge >= 0.3 is 5.97 Å². The van der Waals surface area contributed by atoms with Crippen LogP contribution < -0.4 is 0 Å². The summed E-state index contributed by atoms with van der Waals surface area (Å²) in [6, 6.07) is 14.0. The van der Waals surface area contributed by atoms with Gasteiger partial charge in [0, 0.05) is 6.08 Å². The van der Waals surface area contributed by atoms with E-state index in [0.29, 0.717) is 0 Å². The van der Waals surface area contributed by atoms with Gasteiger partial charge in [-0.15, -0.1) is 0 Å². The fraction of sp³-hybridized carbons (Fsp3) is 0.167. The van der Waals surface area contributed by atoms with Gasteiger partial charge in [-0.2, -0.15) is 0 Å². The average molecular weight is 266 g/mol. The van der Waals surface area contributed by atoms with Gasteiger partial charge in [0.05, 0.1) is 0 Å². The van der Waals surface area contributed by atoms with Crippen molar-refractivity contribution in [3.8, 4) is 0 Å². The zero-order valence-corrected chi connectivity index (χ0v) is 12.0. The molecule has 0 aromatic heterocycles. The molecular formula is C18H18O2. The van der Waals surface area contributed by atoms with Gasteiger partial charge in [0.25, 0.3) is 0 Å². The van der Waals surface area contributed by atoms with Crippen LogP contribution in [0.15, 0.2) is 48.5 Å². The topological polar surface area (TPSA) is 37.3 Å². The zero-order valence-electron chi connectivity index (χ0n) is 12.0. The van der Waals surface area contributed by atoms with Crippen molar-refractivity contribution in [3.63, 3.8) is 0 Å². The van der Waals surface area contributed by atoms with E-state index in [0.717, 1.165) is 27.8 Å². The van der Waals surface area contributed by atoms with Crippen molar-refractivity contribution < 1.29 is 9.90 Å². The number of rotatable bonds is 3. The first-order chi connectivity index (χ1) is 9.47. The molecule has 0 radical (unpaired) electrons. The fourth-order valence-electron chi connectivity index (χ4n) is 2.29. The molecule has 2 nitrogen and oxygen atoms in total. The third kappa shape index (κ3) is 3.15. The SMILES string of the molecule is Cc1ccc(C(=CC(=O)O)c2ccc(C)cc2C)cc1. The molecule has 0 saturated heterocycles. The standard InChI is InChI=1S/C18H18O2/c1-12-4-7-15(8-5-12)17(11-18(19)20)16-9-6-13(2)10-14(16)3/h4-11H,1-3H3,(H,19,20). The minimum atomic E-state index is -0.930. The van der Waals surface area contributed by atoms with E-state index >= 15 is 0 Å². The Morgan fingerprint density at radius 1 is 0.950 bits per heavy atom. The van der Waals surface area contributed by atoms with Gasteiger partial charge in [0.1, 0.15) is 0 Å². The van der Waals surface area contributed by atoms with E-state index in [1.54, 1.807) is 0 Å². The predicted octanol–water partition coefficient (Wildman–Crippen LogP) is 4.13. The summed E-state index contributed by atoms with van der Waals surface area (Å²) in [6.07, 6.45) is 1.28. The van der Waals surface area contributed by atoms with Gasteiger partial charge in [-0.1, -0.05) is 53.6 Å². The molecule has 0 aliphatic rings. The number of aliphatic carboxylic acids is 1. The second-order valence-electron chi connectivity index (χ2n) is 5.08. The van der Waals surface area contributed by atoms with Gasteiger partial charge in [0.15, 0.2) is 0 Å². The summed E-state index contributed by atoms with van der Waals surface area (Å²) >= 11 is 0. The predicted molar refractivity (Wildman–Crippen MR) is 81.8 cm³/mol. The molecular weight excluding hydrogens is 248 g/mol. The van der Waals surface area contributed by atoms with Crippen LogP contribution in [0.1, 0.15) is 27.8 Å². The Labute approximate surface area is 119 Å². The maximum atomic E-state index is 11.1. The minimum Gasteiger partial charge on any atom is -0.478 e. The zero-order chi connectivity index (χ0) is 14.7. The highest BCUT2D eigenvalue weighted by molar-refractivity contribution is 5.95. The molecule has 0 aliphatic heterocycles. The number of aryl methyl sites for hydroxylation is 3. The Hall–Kier alpha value is -2.35. The molecule has 2 aromatic carbocycles. The number of benzene rings is 2. The Balaban J connectivity index is 2.59. The molecule has 0 fully saturated rings. The second kappa shape index (κ2) is 5.74. The number of hydrogen-bond acceptors (Lipinski definition) is 1. The Morgan fingerprint density at radius 3 is 2.10 bits per heavy atom. The molecule has 0 heterocycles. The highest BCUT2D eigenvalue weighted by atomic mass is 16.4. The second-order valence-corrected chi connectivity index (χ2v) is 5.08. The van der Waals surface area contributed by atoms with E-state index in [2.05, 4.69) is 6.07 Å². The number of carbonyl (C=O) groups is 1. The van der Waals surface area contributed by atoms with Crippen molar-refractivity contribution in [1.29, 1.82) is 0 Å². The van der Waals surface area contributed by atoms with Crippen LogP contribution in [0.2, 0.25) is 0 Å². The lowest BCUT2D eigenvalue weighted by molar-refractivity contribution is -0.131. The number of carboxylic acid groups (broad SMARTS) is 1. The monoisotopic (exact) mass is 266 g/mol. The summed E-state index contributed by atoms with van der Waals surface area (Å²) in [7, 11) is 0. The molecule has 0 atom stereocenters. The molecule has 0 amide bonds. The fourth-order valence-corrected chi connectivity index (χ4v) is 2.29. The van der Waals surface area contributed by atoms with E-state index in [1.165, 1.54) is 11.6 Å². The first kappa shape index (κ1) is 14.1. The van der Waals surface area contributed by atoms with Gasteiger partial charge in [-0.3, -0.25) is 0 Å². The molecule has 0 saturated carbocycles. The molecule has 1 N–H and O–H groups in total. The van der Waals surface area contributed by atoms with Crippen molar-refractivity contribution in [2.24, 2.45) is 0 Å². The number of hydrogen-bond donors (Lipinski definition) is 1. The van der Waals surface area contributed by atoms with Gasteiger partial charge in [-0.05, 0) is 43.0 Å². The third-order valence-corrected chi connectivity index (χ3v) is 3.30. The first-order valence-corrected chi connectivity index (χ1v) is 6.56. The lowest BCUT2D eigenvalue weighted by Crippen LogP contribution is -1.97. The smallest absolute Gasteiger partial charge is 0.328 e. The minimum absolute atomic E-state index is 0.745. The van der Waals surface area contributed by atoms with Crippen molar-refractivity contribution in [2.45, 2.75) is 20.8 Å². The largest absolute Gasteiger partial charge is 0.478 e. The molecule has 2 heteroatoms. The van der Waals surface area contributed by atoms with Crippen LogP contribution in [-0.2, 0) is 4.79 Å². The quantitative estimate of drug-likeness (QED) is 0.848. The van der Waals surface area contributed by atoms with E-state index in [9.17, 15) is 4.79 Å². The van der Waals surface area contributed by atoms with Gasteiger partial charge in [0.2, 0.25) is 0 Å². The van der Waals surface area contributed by atoms with Crippen molar-refractivity contribution in [3.05, 3.63) is 76.4 Å². The van der Waals surface area contributed by atoms with Crippen molar-refractivity contribution in [2.75, 3.05) is 0 Å². The Kier molecular flexibility index (Phi) is 4.04. The lowest BCUT2D eigenvalue weighted by atomic mass is 9.92. The molecule has 0 bridgehead atoms. The van der Waals surface area contributed by atoms with Crippen LogP contribution in [-0.4, -0.2) is 11.1 Å². The normalized spacial score (nSPS) is 11.4. The van der Waals surface area contributed by atoms with Crippen LogP contribution in [0.5, 0.6) is 0 Å². The third-order valence-electron chi connectivity index (χ3n) is 3.30. The highest BCUT2D eigenvalue weighted by Gasteiger charge is 2.10.